The van der Waals surface area contributed by atoms with Crippen molar-refractivity contribution in [3.05, 3.63) is 87.8 Å². The molecule has 0 radical (unpaired) electrons. The highest BCUT2D eigenvalue weighted by Gasteiger charge is 2.48. The van der Waals surface area contributed by atoms with Crippen LogP contribution in [0.5, 0.6) is 5.75 Å². The molecule has 4 rings (SSSR count). The lowest BCUT2D eigenvalue weighted by atomic mass is 9.99. The summed E-state index contributed by atoms with van der Waals surface area (Å²) in [4.78, 5) is 27.5. The first-order valence-corrected chi connectivity index (χ1v) is 10.5. The van der Waals surface area contributed by atoms with Crippen LogP contribution in [-0.4, -0.2) is 23.9 Å². The van der Waals surface area contributed by atoms with E-state index in [0.717, 1.165) is 12.0 Å². The number of Topliss-reactive ketones (excluding diaryl/α,β-unsaturated/α-hetero) is 1. The Morgan fingerprint density at radius 1 is 1.16 bits per heavy atom. The van der Waals surface area contributed by atoms with Crippen molar-refractivity contribution < 1.29 is 23.8 Å². The lowest BCUT2D eigenvalue weighted by Gasteiger charge is -2.23. The molecule has 1 fully saturated rings. The summed E-state index contributed by atoms with van der Waals surface area (Å²) in [6.45, 7) is 2.04. The minimum absolute atomic E-state index is 0.0309. The van der Waals surface area contributed by atoms with Gasteiger partial charge in [0.05, 0.1) is 23.4 Å². The van der Waals surface area contributed by atoms with Crippen LogP contribution in [0.2, 0.25) is 0 Å². The third-order valence-corrected chi connectivity index (χ3v) is 5.92. The van der Waals surface area contributed by atoms with Crippen molar-refractivity contribution in [1.29, 1.82) is 0 Å². The number of hydrogen-bond acceptors (Lipinski definition) is 5. The molecular weight excluding hydrogens is 462 g/mol. The summed E-state index contributed by atoms with van der Waals surface area (Å²) in [5, 5.41) is 11.1. The quantitative estimate of drug-likeness (QED) is 0.306. The van der Waals surface area contributed by atoms with Gasteiger partial charge in [-0.3, -0.25) is 14.5 Å². The maximum Gasteiger partial charge on any atom is 0.300 e. The molecule has 1 saturated heterocycles. The molecule has 31 heavy (non-hydrogen) atoms. The highest BCUT2D eigenvalue weighted by atomic mass is 79.9. The zero-order valence-corrected chi connectivity index (χ0v) is 18.5. The van der Waals surface area contributed by atoms with Gasteiger partial charge in [-0.15, -0.1) is 0 Å². The summed E-state index contributed by atoms with van der Waals surface area (Å²) in [5.41, 5.74) is 2.01. The highest BCUT2D eigenvalue weighted by molar-refractivity contribution is 9.10. The second-order valence-electron chi connectivity index (χ2n) is 7.05. The van der Waals surface area contributed by atoms with E-state index in [1.807, 2.05) is 19.1 Å². The Labute approximate surface area is 187 Å². The number of aliphatic hydroxyl groups excluding tert-OH is 1. The molecule has 1 amide bonds. The van der Waals surface area contributed by atoms with E-state index < -0.39 is 17.7 Å². The van der Waals surface area contributed by atoms with Crippen molar-refractivity contribution in [3.8, 4) is 5.75 Å². The Morgan fingerprint density at radius 3 is 2.48 bits per heavy atom. The number of anilines is 1. The van der Waals surface area contributed by atoms with Gasteiger partial charge in [0.15, 0.2) is 0 Å². The molecule has 1 atom stereocenters. The Balaban J connectivity index is 1.88. The molecular formula is C24H20BrNO5. The predicted molar refractivity (Wildman–Crippen MR) is 120 cm³/mol. The van der Waals surface area contributed by atoms with Gasteiger partial charge in [0.2, 0.25) is 0 Å². The number of aryl methyl sites for hydroxylation is 1. The van der Waals surface area contributed by atoms with Crippen LogP contribution in [0, 0.1) is 0 Å². The van der Waals surface area contributed by atoms with Crippen LogP contribution in [0.1, 0.15) is 29.9 Å². The van der Waals surface area contributed by atoms with Gasteiger partial charge in [-0.05, 0) is 70.4 Å². The summed E-state index contributed by atoms with van der Waals surface area (Å²) in [6, 6.07) is 14.8. The molecule has 7 heteroatoms. The number of amides is 1. The van der Waals surface area contributed by atoms with Crippen molar-refractivity contribution in [1.82, 2.24) is 0 Å². The molecule has 0 aliphatic carbocycles. The molecule has 1 aliphatic heterocycles. The molecule has 2 aromatic carbocycles. The second kappa shape index (κ2) is 8.43. The zero-order chi connectivity index (χ0) is 22.1. The molecule has 1 aliphatic rings. The SMILES string of the molecule is CCc1ccc(N2C(=O)C(=O)/C(=C(\O)c3ccc(OC)c(Br)c3)C2c2ccco2)cc1. The number of halogens is 1. The largest absolute Gasteiger partial charge is 0.507 e. The molecule has 1 N–H and O–H groups in total. The number of ketones is 1. The topological polar surface area (TPSA) is 80.0 Å². The fraction of sp³-hybridized carbons (Fsp3) is 0.167. The second-order valence-corrected chi connectivity index (χ2v) is 7.91. The Hall–Kier alpha value is -3.32. The summed E-state index contributed by atoms with van der Waals surface area (Å²) >= 11 is 3.39. The maximum atomic E-state index is 13.1. The van der Waals surface area contributed by atoms with E-state index in [-0.39, 0.29) is 11.3 Å². The Morgan fingerprint density at radius 2 is 1.90 bits per heavy atom. The predicted octanol–water partition coefficient (Wildman–Crippen LogP) is 5.24. The number of methoxy groups -OCH3 is 1. The van der Waals surface area contributed by atoms with E-state index >= 15 is 0 Å². The van der Waals surface area contributed by atoms with Crippen molar-refractivity contribution >= 4 is 39.1 Å². The normalized spacial score (nSPS) is 17.9. The summed E-state index contributed by atoms with van der Waals surface area (Å²) in [6.07, 6.45) is 2.33. The van der Waals surface area contributed by atoms with Crippen LogP contribution in [0.15, 0.2) is 75.3 Å². The molecule has 0 saturated carbocycles. The Kier molecular flexibility index (Phi) is 5.69. The van der Waals surface area contributed by atoms with Crippen LogP contribution in [0.4, 0.5) is 5.69 Å². The van der Waals surface area contributed by atoms with Crippen LogP contribution in [0.3, 0.4) is 0 Å². The van der Waals surface area contributed by atoms with Gasteiger partial charge in [0.25, 0.3) is 11.7 Å². The van der Waals surface area contributed by atoms with Crippen LogP contribution in [-0.2, 0) is 16.0 Å². The lowest BCUT2D eigenvalue weighted by Crippen LogP contribution is -2.29. The number of carbonyl (C=O) groups excluding carboxylic acids is 2. The summed E-state index contributed by atoms with van der Waals surface area (Å²) in [7, 11) is 1.53. The fourth-order valence-corrected chi connectivity index (χ4v) is 4.22. The summed E-state index contributed by atoms with van der Waals surface area (Å²) < 4.78 is 11.4. The molecule has 6 nitrogen and oxygen atoms in total. The first-order valence-electron chi connectivity index (χ1n) is 9.73. The van der Waals surface area contributed by atoms with Gasteiger partial charge >= 0.3 is 0 Å². The first-order chi connectivity index (χ1) is 15.0. The van der Waals surface area contributed by atoms with Crippen molar-refractivity contribution in [2.75, 3.05) is 12.0 Å². The van der Waals surface area contributed by atoms with E-state index in [1.54, 1.807) is 42.5 Å². The molecule has 158 valence electrons. The Bertz CT molecular complexity index is 1170. The van der Waals surface area contributed by atoms with Crippen LogP contribution < -0.4 is 9.64 Å². The van der Waals surface area contributed by atoms with Crippen molar-refractivity contribution in [2.24, 2.45) is 0 Å². The fourth-order valence-electron chi connectivity index (χ4n) is 3.68. The van der Waals surface area contributed by atoms with Gasteiger partial charge < -0.3 is 14.3 Å². The van der Waals surface area contributed by atoms with Crippen molar-refractivity contribution in [3.63, 3.8) is 0 Å². The number of ether oxygens (including phenoxy) is 1. The number of rotatable bonds is 5. The van der Waals surface area contributed by atoms with Gasteiger partial charge in [-0.2, -0.15) is 0 Å². The average molecular weight is 482 g/mol. The molecule has 3 aromatic rings. The average Bonchev–Trinajstić information content (AvgIpc) is 3.40. The molecule has 0 bridgehead atoms. The smallest absolute Gasteiger partial charge is 0.300 e. The standard InChI is InChI=1S/C24H20BrNO5/c1-3-14-6-9-16(10-7-14)26-21(19-5-4-12-31-19)20(23(28)24(26)29)22(27)15-8-11-18(30-2)17(25)13-15/h4-13,21,27H,3H2,1-2H3/b22-20-. The monoisotopic (exact) mass is 481 g/mol. The minimum Gasteiger partial charge on any atom is -0.507 e. The van der Waals surface area contributed by atoms with Crippen molar-refractivity contribution in [2.45, 2.75) is 19.4 Å². The number of aliphatic hydroxyl groups is 1. The molecule has 0 spiro atoms. The minimum atomic E-state index is -0.886. The van der Waals surface area contributed by atoms with Gasteiger partial charge in [0, 0.05) is 11.3 Å². The maximum absolute atomic E-state index is 13.1. The zero-order valence-electron chi connectivity index (χ0n) is 17.0. The first kappa shape index (κ1) is 20.9. The van der Waals surface area contributed by atoms with E-state index in [0.29, 0.717) is 27.2 Å². The number of benzene rings is 2. The molecule has 1 unspecified atom stereocenters. The highest BCUT2D eigenvalue weighted by Crippen LogP contribution is 2.42. The molecule has 1 aromatic heterocycles. The lowest BCUT2D eigenvalue weighted by molar-refractivity contribution is -0.132. The van der Waals surface area contributed by atoms with Gasteiger partial charge in [-0.1, -0.05) is 19.1 Å². The van der Waals surface area contributed by atoms with E-state index in [2.05, 4.69) is 15.9 Å². The number of furan rings is 1. The third kappa shape index (κ3) is 3.65. The third-order valence-electron chi connectivity index (χ3n) is 5.31. The van der Waals surface area contributed by atoms with Gasteiger partial charge in [-0.25, -0.2) is 0 Å². The van der Waals surface area contributed by atoms with E-state index in [9.17, 15) is 14.7 Å². The van der Waals surface area contributed by atoms with Gasteiger partial charge in [0.1, 0.15) is 23.3 Å². The number of nitrogens with zero attached hydrogens (tertiary/aromatic N) is 1. The number of hydrogen-bond donors (Lipinski definition) is 1. The van der Waals surface area contributed by atoms with E-state index in [4.69, 9.17) is 9.15 Å². The summed E-state index contributed by atoms with van der Waals surface area (Å²) in [5.74, 6) is -0.815. The number of carbonyl (C=O) groups is 2. The van der Waals surface area contributed by atoms with E-state index in [1.165, 1.54) is 18.3 Å². The van der Waals surface area contributed by atoms with Crippen LogP contribution >= 0.6 is 15.9 Å². The molecule has 2 heterocycles. The van der Waals surface area contributed by atoms with Crippen LogP contribution in [0.25, 0.3) is 5.76 Å².